The van der Waals surface area contributed by atoms with Crippen LogP contribution in [-0.4, -0.2) is 45.9 Å². The molecule has 2 heterocycles. The second-order valence-electron chi connectivity index (χ2n) is 6.02. The highest BCUT2D eigenvalue weighted by atomic mass is 35.5. The molecule has 1 aliphatic rings. The number of amides is 2. The van der Waals surface area contributed by atoms with E-state index >= 15 is 0 Å². The van der Waals surface area contributed by atoms with E-state index in [0.717, 1.165) is 0 Å². The molecule has 2 amide bonds. The maximum atomic E-state index is 12.4. The number of benzene rings is 1. The topological polar surface area (TPSA) is 123 Å². The van der Waals surface area contributed by atoms with E-state index in [4.69, 9.17) is 21.7 Å². The third-order valence-corrected chi connectivity index (χ3v) is 4.33. The van der Waals surface area contributed by atoms with Crippen molar-refractivity contribution in [2.24, 2.45) is 0 Å². The summed E-state index contributed by atoms with van der Waals surface area (Å²) in [6.07, 6.45) is 7.53. The molecule has 2 aromatic rings. The summed E-state index contributed by atoms with van der Waals surface area (Å²) in [5.41, 5.74) is 1.17. The number of aromatic amines is 1. The molecule has 0 unspecified atom stereocenters. The van der Waals surface area contributed by atoms with Gasteiger partial charge in [0.2, 0.25) is 0 Å². The van der Waals surface area contributed by atoms with Gasteiger partial charge in [-0.25, -0.2) is 4.98 Å². The molecule has 9 nitrogen and oxygen atoms in total. The molecule has 0 saturated carbocycles. The summed E-state index contributed by atoms with van der Waals surface area (Å²) in [7, 11) is 0. The smallest absolute Gasteiger partial charge is 0.289 e. The number of rotatable bonds is 7. The fourth-order valence-corrected chi connectivity index (χ4v) is 2.76. The highest BCUT2D eigenvalue weighted by Crippen LogP contribution is 2.15. The lowest BCUT2D eigenvalue weighted by molar-refractivity contribution is 0.0949. The molecule has 0 spiro atoms. The molecule has 154 valence electrons. The van der Waals surface area contributed by atoms with E-state index in [0.29, 0.717) is 29.6 Å². The van der Waals surface area contributed by atoms with Crippen LogP contribution in [-0.2, 0) is 4.74 Å². The molecule has 1 aromatic carbocycles. The zero-order chi connectivity index (χ0) is 21.5. The molecular formula is C20H19ClN6O3. The summed E-state index contributed by atoms with van der Waals surface area (Å²) < 4.78 is 5.10. The van der Waals surface area contributed by atoms with Crippen molar-refractivity contribution in [3.63, 3.8) is 0 Å². The van der Waals surface area contributed by atoms with E-state index in [9.17, 15) is 9.59 Å². The average molecular weight is 427 g/mol. The maximum Gasteiger partial charge on any atom is 0.289 e. The van der Waals surface area contributed by atoms with Crippen LogP contribution in [0.5, 0.6) is 0 Å². The number of allylic oxidation sites excluding steroid dienone is 3. The van der Waals surface area contributed by atoms with Gasteiger partial charge in [-0.2, -0.15) is 0 Å². The quantitative estimate of drug-likeness (QED) is 0.507. The van der Waals surface area contributed by atoms with Crippen molar-refractivity contribution < 1.29 is 14.3 Å². The Hall–Kier alpha value is -3.85. The second-order valence-corrected chi connectivity index (χ2v) is 6.46. The van der Waals surface area contributed by atoms with Crippen molar-refractivity contribution in [2.45, 2.75) is 0 Å². The number of nitrogens with zero attached hydrogens (tertiary/aromatic N) is 2. The van der Waals surface area contributed by atoms with E-state index in [1.54, 1.807) is 47.4 Å². The first-order chi connectivity index (χ1) is 14.5. The van der Waals surface area contributed by atoms with Crippen LogP contribution in [0.2, 0.25) is 5.02 Å². The number of amidine groups is 1. The van der Waals surface area contributed by atoms with Crippen molar-refractivity contribution >= 4 is 35.1 Å². The normalized spacial score (nSPS) is 14.0. The van der Waals surface area contributed by atoms with Gasteiger partial charge < -0.3 is 20.4 Å². The Labute approximate surface area is 177 Å². The van der Waals surface area contributed by atoms with Crippen molar-refractivity contribution in [2.75, 3.05) is 18.5 Å². The average Bonchev–Trinajstić information content (AvgIpc) is 3.39. The summed E-state index contributed by atoms with van der Waals surface area (Å²) in [6.45, 7) is 4.70. The number of H-pyrrole nitrogens is 1. The van der Waals surface area contributed by atoms with Crippen LogP contribution < -0.4 is 10.6 Å². The third kappa shape index (κ3) is 4.95. The Kier molecular flexibility index (Phi) is 6.66. The Balaban J connectivity index is 1.63. The Morgan fingerprint density at radius 3 is 2.73 bits per heavy atom. The minimum atomic E-state index is -0.533. The van der Waals surface area contributed by atoms with Gasteiger partial charge in [-0.15, -0.1) is 0 Å². The first-order valence-electron chi connectivity index (χ1n) is 8.89. The van der Waals surface area contributed by atoms with E-state index in [1.807, 2.05) is 0 Å². The van der Waals surface area contributed by atoms with Crippen molar-refractivity contribution in [3.8, 4) is 0 Å². The third-order valence-electron chi connectivity index (χ3n) is 4.08. The van der Waals surface area contributed by atoms with Gasteiger partial charge in [0.25, 0.3) is 17.8 Å². The van der Waals surface area contributed by atoms with Gasteiger partial charge >= 0.3 is 0 Å². The number of imidazole rings is 1. The lowest BCUT2D eigenvalue weighted by atomic mass is 10.2. The lowest BCUT2D eigenvalue weighted by Crippen LogP contribution is -2.23. The largest absolute Gasteiger partial charge is 0.463 e. The highest BCUT2D eigenvalue weighted by molar-refractivity contribution is 6.30. The predicted molar refractivity (Wildman–Crippen MR) is 113 cm³/mol. The Morgan fingerprint density at radius 1 is 1.30 bits per heavy atom. The number of hydrogen-bond acceptors (Lipinski definition) is 5. The van der Waals surface area contributed by atoms with Crippen molar-refractivity contribution in [3.05, 3.63) is 83.7 Å². The highest BCUT2D eigenvalue weighted by Gasteiger charge is 2.21. The summed E-state index contributed by atoms with van der Waals surface area (Å²) in [4.78, 5) is 33.1. The van der Waals surface area contributed by atoms with E-state index in [1.165, 1.54) is 12.5 Å². The number of carbonyl (C=O) groups excluding carboxylic acids is 2. The first-order valence-corrected chi connectivity index (χ1v) is 9.26. The van der Waals surface area contributed by atoms with Crippen LogP contribution in [0.25, 0.3) is 0 Å². The Morgan fingerprint density at radius 2 is 2.07 bits per heavy atom. The molecule has 0 aliphatic carbocycles. The summed E-state index contributed by atoms with van der Waals surface area (Å²) in [5.74, 6) is -1.06. The monoisotopic (exact) mass is 426 g/mol. The number of carbonyl (C=O) groups is 2. The lowest BCUT2D eigenvalue weighted by Gasteiger charge is -2.14. The molecule has 1 aliphatic heterocycles. The Bertz CT molecular complexity index is 1030. The fourth-order valence-electron chi connectivity index (χ4n) is 2.63. The molecule has 1 aromatic heterocycles. The molecule has 0 bridgehead atoms. The number of halogens is 1. The molecular weight excluding hydrogens is 408 g/mol. The molecule has 1 fully saturated rings. The molecule has 4 N–H and O–H groups in total. The number of aromatic nitrogens is 2. The van der Waals surface area contributed by atoms with Gasteiger partial charge in [-0.1, -0.05) is 18.2 Å². The summed E-state index contributed by atoms with van der Waals surface area (Å²) in [6, 6.07) is 6.61. The first kappa shape index (κ1) is 20.9. The molecule has 1 saturated heterocycles. The minimum absolute atomic E-state index is 0.0220. The van der Waals surface area contributed by atoms with Crippen molar-refractivity contribution in [1.29, 1.82) is 5.41 Å². The van der Waals surface area contributed by atoms with Crippen molar-refractivity contribution in [1.82, 2.24) is 20.2 Å². The molecule has 3 rings (SSSR count). The van der Waals surface area contributed by atoms with Gasteiger partial charge in [-0.05, 0) is 42.5 Å². The van der Waals surface area contributed by atoms with E-state index in [-0.39, 0.29) is 17.4 Å². The van der Waals surface area contributed by atoms with E-state index in [2.05, 4.69) is 27.2 Å². The van der Waals surface area contributed by atoms with Gasteiger partial charge in [0, 0.05) is 22.6 Å². The van der Waals surface area contributed by atoms with Crippen LogP contribution in [0.4, 0.5) is 5.69 Å². The van der Waals surface area contributed by atoms with Crippen LogP contribution in [0, 0.1) is 5.41 Å². The summed E-state index contributed by atoms with van der Waals surface area (Å²) >= 11 is 5.83. The molecule has 0 radical (unpaired) electrons. The van der Waals surface area contributed by atoms with Crippen LogP contribution >= 0.6 is 11.6 Å². The number of hydrogen-bond donors (Lipinski definition) is 4. The number of anilines is 1. The van der Waals surface area contributed by atoms with Gasteiger partial charge in [-0.3, -0.25) is 19.9 Å². The van der Waals surface area contributed by atoms with Crippen LogP contribution in [0.3, 0.4) is 0 Å². The van der Waals surface area contributed by atoms with E-state index < -0.39 is 11.8 Å². The van der Waals surface area contributed by atoms with Gasteiger partial charge in [0.15, 0.2) is 5.69 Å². The van der Waals surface area contributed by atoms with Crippen LogP contribution in [0.15, 0.2) is 67.3 Å². The van der Waals surface area contributed by atoms with Gasteiger partial charge in [0.05, 0.1) is 12.9 Å². The van der Waals surface area contributed by atoms with Gasteiger partial charge in [0.1, 0.15) is 12.3 Å². The van der Waals surface area contributed by atoms with Crippen LogP contribution in [0.1, 0.15) is 21.0 Å². The fraction of sp³-hybridized carbons (Fsp3) is 0.100. The predicted octanol–water partition coefficient (Wildman–Crippen LogP) is 2.90. The molecule has 30 heavy (non-hydrogen) atoms. The second kappa shape index (κ2) is 9.57. The standard InChI is InChI=1S/C20H19ClN6O3/c1-2-15(27-10-11-30-20(27)22)4-3-9-23-18(28)16-17(25-12-24-16)19(29)26-14-7-5-13(21)6-8-14/h2-9,12,22H,1,10-11H2,(H,23,28)(H,24,25)(H,26,29)/b9-3+,15-4+,22-20?. The molecule has 0 atom stereocenters. The zero-order valence-electron chi connectivity index (χ0n) is 15.8. The molecule has 10 heteroatoms. The number of ether oxygens (including phenoxy) is 1. The summed E-state index contributed by atoms with van der Waals surface area (Å²) in [5, 5.41) is 13.5. The number of nitrogens with one attached hydrogen (secondary N) is 4. The maximum absolute atomic E-state index is 12.4. The zero-order valence-corrected chi connectivity index (χ0v) is 16.6. The SMILES string of the molecule is C=C/C(=C\C=C\NC(=O)c1[nH]cnc1C(=O)Nc1ccc(Cl)cc1)N1CCOC1=N. The minimum Gasteiger partial charge on any atom is -0.463 e.